The lowest BCUT2D eigenvalue weighted by Gasteiger charge is -2.34. The number of aromatic nitrogens is 5. The summed E-state index contributed by atoms with van der Waals surface area (Å²) in [4.78, 5) is 21.1. The Balaban J connectivity index is 1.29. The van der Waals surface area contributed by atoms with E-state index in [0.29, 0.717) is 5.78 Å². The first-order valence-electron chi connectivity index (χ1n) is 11.0. The van der Waals surface area contributed by atoms with Gasteiger partial charge in [0.05, 0.1) is 6.54 Å². The van der Waals surface area contributed by atoms with Crippen molar-refractivity contribution < 1.29 is 0 Å². The number of piperidine rings is 1. The van der Waals surface area contributed by atoms with Crippen molar-refractivity contribution in [1.82, 2.24) is 29.5 Å². The van der Waals surface area contributed by atoms with E-state index in [1.165, 1.54) is 12.8 Å². The fourth-order valence-electron chi connectivity index (χ4n) is 4.42. The summed E-state index contributed by atoms with van der Waals surface area (Å²) in [6, 6.07) is 8.23. The number of rotatable bonds is 4. The minimum absolute atomic E-state index is 0.714. The first kappa shape index (κ1) is 19.2. The van der Waals surface area contributed by atoms with E-state index in [9.17, 15) is 0 Å². The number of hydrogen-bond donors (Lipinski definition) is 0. The molecule has 3 aromatic rings. The second-order valence-electron chi connectivity index (χ2n) is 8.62. The fraction of sp³-hybridized carbons (Fsp3) is 0.545. The lowest BCUT2D eigenvalue weighted by molar-refractivity contribution is 0.243. The molecule has 8 heteroatoms. The predicted molar refractivity (Wildman–Crippen MR) is 118 cm³/mol. The molecule has 0 radical (unpaired) electrons. The number of aryl methyl sites for hydroxylation is 1. The molecule has 30 heavy (non-hydrogen) atoms. The maximum atomic E-state index is 4.85. The van der Waals surface area contributed by atoms with Gasteiger partial charge in [0.2, 0.25) is 0 Å². The predicted octanol–water partition coefficient (Wildman–Crippen LogP) is 2.39. The zero-order valence-electron chi connectivity index (χ0n) is 17.9. The average Bonchev–Trinajstić information content (AvgIpc) is 3.17. The smallest absolute Gasteiger partial charge is 0.254 e. The summed E-state index contributed by atoms with van der Waals surface area (Å²) < 4.78 is 1.95. The highest BCUT2D eigenvalue weighted by Crippen LogP contribution is 2.24. The highest BCUT2D eigenvalue weighted by Gasteiger charge is 2.22. The maximum Gasteiger partial charge on any atom is 0.254 e. The molecule has 0 atom stereocenters. The molecule has 2 saturated heterocycles. The second kappa shape index (κ2) is 8.18. The van der Waals surface area contributed by atoms with Gasteiger partial charge in [-0.2, -0.15) is 9.50 Å². The van der Waals surface area contributed by atoms with Gasteiger partial charge in [-0.1, -0.05) is 13.0 Å². The first-order valence-corrected chi connectivity index (χ1v) is 11.0. The molecule has 0 amide bonds. The number of hydrogen-bond acceptors (Lipinski definition) is 7. The molecule has 0 N–H and O–H groups in total. The van der Waals surface area contributed by atoms with E-state index in [2.05, 4.69) is 43.7 Å². The first-order chi connectivity index (χ1) is 14.7. The zero-order chi connectivity index (χ0) is 20.5. The molecule has 5 heterocycles. The summed E-state index contributed by atoms with van der Waals surface area (Å²) in [5, 5.41) is 4.85. The number of piperazine rings is 1. The van der Waals surface area contributed by atoms with E-state index in [-0.39, 0.29) is 0 Å². The van der Waals surface area contributed by atoms with Crippen molar-refractivity contribution in [1.29, 1.82) is 0 Å². The molecule has 0 spiro atoms. The van der Waals surface area contributed by atoms with E-state index in [4.69, 9.17) is 10.1 Å². The number of pyridine rings is 1. The van der Waals surface area contributed by atoms with Crippen molar-refractivity contribution in [3.8, 4) is 0 Å². The molecule has 2 aliphatic rings. The van der Waals surface area contributed by atoms with E-state index in [1.54, 1.807) is 0 Å². The van der Waals surface area contributed by atoms with E-state index >= 15 is 0 Å². The quantitative estimate of drug-likeness (QED) is 0.659. The summed E-state index contributed by atoms with van der Waals surface area (Å²) in [5.74, 6) is 4.55. The van der Waals surface area contributed by atoms with Gasteiger partial charge in [0.15, 0.2) is 5.82 Å². The average molecular weight is 407 g/mol. The van der Waals surface area contributed by atoms with Crippen molar-refractivity contribution in [2.75, 3.05) is 49.1 Å². The third-order valence-electron chi connectivity index (χ3n) is 6.28. The van der Waals surface area contributed by atoms with E-state index < -0.39 is 0 Å². The summed E-state index contributed by atoms with van der Waals surface area (Å²) in [6.45, 7) is 11.2. The number of nitrogens with zero attached hydrogens (tertiary/aromatic N) is 8. The molecule has 0 aliphatic carbocycles. The molecule has 5 rings (SSSR count). The Morgan fingerprint density at radius 1 is 0.967 bits per heavy atom. The SMILES string of the molecule is Cc1cc(N2CCC(C)CC2)n2nc(CN3CCN(c4ccccn4)CC3)nc2n1. The minimum Gasteiger partial charge on any atom is -0.356 e. The van der Waals surface area contributed by atoms with Gasteiger partial charge in [-0.3, -0.25) is 4.90 Å². The van der Waals surface area contributed by atoms with Crippen LogP contribution in [0.15, 0.2) is 30.5 Å². The van der Waals surface area contributed by atoms with Crippen molar-refractivity contribution in [2.45, 2.75) is 33.2 Å². The zero-order valence-corrected chi connectivity index (χ0v) is 17.9. The fourth-order valence-corrected chi connectivity index (χ4v) is 4.42. The lowest BCUT2D eigenvalue weighted by atomic mass is 9.99. The van der Waals surface area contributed by atoms with Crippen LogP contribution in [0.25, 0.3) is 5.78 Å². The van der Waals surface area contributed by atoms with Crippen LogP contribution in [0.1, 0.15) is 31.3 Å². The molecule has 0 saturated carbocycles. The van der Waals surface area contributed by atoms with Crippen LogP contribution < -0.4 is 9.80 Å². The molecule has 0 aromatic carbocycles. The Morgan fingerprint density at radius 3 is 2.50 bits per heavy atom. The normalized spacial score (nSPS) is 19.0. The minimum atomic E-state index is 0.714. The Labute approximate surface area is 177 Å². The van der Waals surface area contributed by atoms with Crippen molar-refractivity contribution in [2.24, 2.45) is 5.92 Å². The molecule has 0 bridgehead atoms. The Hall–Kier alpha value is -2.74. The standard InChI is InChI=1S/C22H30N8/c1-17-6-9-29(10-7-17)21-15-18(2)24-22-25-19(26-30(21)22)16-27-11-13-28(14-12-27)20-5-3-4-8-23-20/h3-5,8,15,17H,6-7,9-14,16H2,1-2H3. The van der Waals surface area contributed by atoms with Gasteiger partial charge < -0.3 is 9.80 Å². The Kier molecular flexibility index (Phi) is 5.25. The molecule has 8 nitrogen and oxygen atoms in total. The van der Waals surface area contributed by atoms with Gasteiger partial charge in [0.1, 0.15) is 11.6 Å². The molecule has 158 valence electrons. The van der Waals surface area contributed by atoms with Crippen LogP contribution in [0.4, 0.5) is 11.6 Å². The third kappa shape index (κ3) is 3.96. The monoisotopic (exact) mass is 406 g/mol. The van der Waals surface area contributed by atoms with Crippen molar-refractivity contribution >= 4 is 17.4 Å². The highest BCUT2D eigenvalue weighted by molar-refractivity contribution is 5.48. The molecule has 0 unspecified atom stereocenters. The van der Waals surface area contributed by atoms with E-state index in [0.717, 1.165) is 74.9 Å². The summed E-state index contributed by atoms with van der Waals surface area (Å²) in [6.07, 6.45) is 4.31. The van der Waals surface area contributed by atoms with Gasteiger partial charge in [0.25, 0.3) is 5.78 Å². The van der Waals surface area contributed by atoms with Crippen LogP contribution in [0.3, 0.4) is 0 Å². The van der Waals surface area contributed by atoms with Gasteiger partial charge in [-0.05, 0) is 37.8 Å². The van der Waals surface area contributed by atoms with Gasteiger partial charge in [-0.15, -0.1) is 5.10 Å². The molecule has 2 aliphatic heterocycles. The molecular weight excluding hydrogens is 376 g/mol. The maximum absolute atomic E-state index is 4.85. The Morgan fingerprint density at radius 2 is 1.77 bits per heavy atom. The lowest BCUT2D eigenvalue weighted by Crippen LogP contribution is -2.46. The van der Waals surface area contributed by atoms with Crippen LogP contribution in [0, 0.1) is 12.8 Å². The second-order valence-corrected chi connectivity index (χ2v) is 8.62. The van der Waals surface area contributed by atoms with Gasteiger partial charge in [0, 0.05) is 57.2 Å². The Bertz CT molecular complexity index is 985. The summed E-state index contributed by atoms with van der Waals surface area (Å²) in [7, 11) is 0. The van der Waals surface area contributed by atoms with Gasteiger partial charge >= 0.3 is 0 Å². The number of fused-ring (bicyclic) bond motifs is 1. The largest absolute Gasteiger partial charge is 0.356 e. The van der Waals surface area contributed by atoms with Crippen LogP contribution in [0.5, 0.6) is 0 Å². The van der Waals surface area contributed by atoms with Crippen LogP contribution >= 0.6 is 0 Å². The number of anilines is 2. The van der Waals surface area contributed by atoms with Gasteiger partial charge in [-0.25, -0.2) is 9.97 Å². The van der Waals surface area contributed by atoms with Crippen molar-refractivity contribution in [3.63, 3.8) is 0 Å². The topological polar surface area (TPSA) is 65.7 Å². The van der Waals surface area contributed by atoms with Crippen LogP contribution in [-0.2, 0) is 6.54 Å². The summed E-state index contributed by atoms with van der Waals surface area (Å²) >= 11 is 0. The highest BCUT2D eigenvalue weighted by atomic mass is 15.4. The molecule has 3 aromatic heterocycles. The third-order valence-corrected chi connectivity index (χ3v) is 6.28. The summed E-state index contributed by atoms with van der Waals surface area (Å²) in [5.41, 5.74) is 0.999. The van der Waals surface area contributed by atoms with Crippen LogP contribution in [-0.4, -0.2) is 68.7 Å². The van der Waals surface area contributed by atoms with Crippen LogP contribution in [0.2, 0.25) is 0 Å². The van der Waals surface area contributed by atoms with E-state index in [1.807, 2.05) is 29.8 Å². The molecular formula is C22H30N8. The molecule has 2 fully saturated rings. The van der Waals surface area contributed by atoms with Crippen molar-refractivity contribution in [3.05, 3.63) is 42.0 Å².